The highest BCUT2D eigenvalue weighted by Gasteiger charge is 2.24. The number of hydrogen-bond donors (Lipinski definition) is 2. The highest BCUT2D eigenvalue weighted by Crippen LogP contribution is 2.21. The van der Waals surface area contributed by atoms with Crippen LogP contribution < -0.4 is 0 Å². The summed E-state index contributed by atoms with van der Waals surface area (Å²) in [5.41, 5.74) is 1.11. The summed E-state index contributed by atoms with van der Waals surface area (Å²) in [4.78, 5) is 16.4. The van der Waals surface area contributed by atoms with Gasteiger partial charge in [-0.2, -0.15) is 5.10 Å². The Hall–Kier alpha value is -2.12. The van der Waals surface area contributed by atoms with Crippen LogP contribution in [-0.2, 0) is 0 Å². The predicted molar refractivity (Wildman–Crippen MR) is 80.5 cm³/mol. The highest BCUT2D eigenvalue weighted by atomic mass is 16.3. The summed E-state index contributed by atoms with van der Waals surface area (Å²) in [7, 11) is 0. The molecule has 0 saturated carbocycles. The molecule has 7 heteroatoms. The van der Waals surface area contributed by atoms with E-state index in [0.717, 1.165) is 18.8 Å². The first kappa shape index (κ1) is 14.8. The summed E-state index contributed by atoms with van der Waals surface area (Å²) in [5.74, 6) is 1.42. The summed E-state index contributed by atoms with van der Waals surface area (Å²) in [6, 6.07) is 5.45. The normalized spacial score (nSPS) is 16.2. The molecular formula is C15H20N4O3. The summed E-state index contributed by atoms with van der Waals surface area (Å²) < 4.78 is 5.52. The Bertz CT molecular complexity index is 641. The van der Waals surface area contributed by atoms with Crippen molar-refractivity contribution in [2.75, 3.05) is 39.3 Å². The molecule has 2 N–H and O–H groups in total. The summed E-state index contributed by atoms with van der Waals surface area (Å²) in [6.45, 7) is 5.55. The minimum absolute atomic E-state index is 0.0746. The van der Waals surface area contributed by atoms with Crippen molar-refractivity contribution in [1.82, 2.24) is 20.0 Å². The van der Waals surface area contributed by atoms with Crippen molar-refractivity contribution in [1.29, 1.82) is 0 Å². The maximum atomic E-state index is 12.5. The summed E-state index contributed by atoms with van der Waals surface area (Å²) in [5, 5.41) is 15.9. The van der Waals surface area contributed by atoms with Crippen molar-refractivity contribution in [2.24, 2.45) is 0 Å². The number of nitrogens with one attached hydrogen (secondary N) is 1. The standard InChI is InChI=1S/C15H20N4O3/c1-11-2-3-14(22-11)12-10-13(17-16-12)15(21)19-6-4-18(5-7-19)8-9-20/h2-3,10,20H,4-9H2,1H3,(H,16,17). The molecule has 0 aliphatic carbocycles. The average molecular weight is 304 g/mol. The number of rotatable bonds is 4. The Morgan fingerprint density at radius 3 is 2.77 bits per heavy atom. The molecule has 2 aromatic heterocycles. The lowest BCUT2D eigenvalue weighted by atomic mass is 10.2. The van der Waals surface area contributed by atoms with Crippen LogP contribution >= 0.6 is 0 Å². The van der Waals surface area contributed by atoms with Crippen molar-refractivity contribution in [3.05, 3.63) is 29.7 Å². The fourth-order valence-corrected chi connectivity index (χ4v) is 2.61. The number of piperazine rings is 1. The fraction of sp³-hybridized carbons (Fsp3) is 0.467. The molecule has 1 aliphatic rings. The Balaban J connectivity index is 1.65. The minimum Gasteiger partial charge on any atom is -0.460 e. The molecule has 2 aromatic rings. The number of nitrogens with zero attached hydrogens (tertiary/aromatic N) is 3. The molecule has 0 spiro atoms. The van der Waals surface area contributed by atoms with E-state index in [0.29, 0.717) is 36.8 Å². The second-order valence-electron chi connectivity index (χ2n) is 5.43. The Morgan fingerprint density at radius 1 is 1.36 bits per heavy atom. The van der Waals surface area contributed by atoms with Gasteiger partial charge in [-0.25, -0.2) is 0 Å². The number of aliphatic hydroxyl groups is 1. The van der Waals surface area contributed by atoms with Gasteiger partial charge >= 0.3 is 0 Å². The van der Waals surface area contributed by atoms with Gasteiger partial charge in [-0.05, 0) is 19.1 Å². The molecule has 0 atom stereocenters. The predicted octanol–water partition coefficient (Wildman–Crippen LogP) is 0.728. The number of aliphatic hydroxyl groups excluding tert-OH is 1. The van der Waals surface area contributed by atoms with Crippen LogP contribution in [0.4, 0.5) is 0 Å². The van der Waals surface area contributed by atoms with Gasteiger partial charge in [0.1, 0.15) is 11.5 Å². The average Bonchev–Trinajstić information content (AvgIpc) is 3.16. The lowest BCUT2D eigenvalue weighted by Gasteiger charge is -2.33. The van der Waals surface area contributed by atoms with Gasteiger partial charge in [0.15, 0.2) is 11.5 Å². The molecule has 0 aromatic carbocycles. The molecule has 22 heavy (non-hydrogen) atoms. The molecule has 1 aliphatic heterocycles. The van der Waals surface area contributed by atoms with Crippen molar-refractivity contribution < 1.29 is 14.3 Å². The van der Waals surface area contributed by atoms with Crippen LogP contribution in [-0.4, -0.2) is 70.3 Å². The van der Waals surface area contributed by atoms with Gasteiger partial charge in [0.05, 0.1) is 6.61 Å². The second-order valence-corrected chi connectivity index (χ2v) is 5.43. The second kappa shape index (κ2) is 6.33. The van der Waals surface area contributed by atoms with Gasteiger partial charge < -0.3 is 14.4 Å². The van der Waals surface area contributed by atoms with E-state index in [1.165, 1.54) is 0 Å². The van der Waals surface area contributed by atoms with Gasteiger partial charge in [-0.1, -0.05) is 0 Å². The maximum absolute atomic E-state index is 12.5. The molecule has 3 rings (SSSR count). The SMILES string of the molecule is Cc1ccc(-c2cc(C(=O)N3CCN(CCO)CC3)n[nH]2)o1. The molecule has 0 radical (unpaired) electrons. The van der Waals surface area contributed by atoms with E-state index in [2.05, 4.69) is 15.1 Å². The molecule has 0 bridgehead atoms. The first-order valence-corrected chi connectivity index (χ1v) is 7.42. The topological polar surface area (TPSA) is 85.6 Å². The van der Waals surface area contributed by atoms with E-state index in [1.54, 1.807) is 11.0 Å². The first-order chi connectivity index (χ1) is 10.7. The Kier molecular flexibility index (Phi) is 4.26. The van der Waals surface area contributed by atoms with Crippen molar-refractivity contribution in [3.8, 4) is 11.5 Å². The van der Waals surface area contributed by atoms with E-state index in [-0.39, 0.29) is 12.5 Å². The lowest BCUT2D eigenvalue weighted by Crippen LogP contribution is -2.49. The van der Waals surface area contributed by atoms with E-state index < -0.39 is 0 Å². The first-order valence-electron chi connectivity index (χ1n) is 7.42. The van der Waals surface area contributed by atoms with Gasteiger partial charge in [0.25, 0.3) is 5.91 Å². The van der Waals surface area contributed by atoms with Gasteiger partial charge in [0, 0.05) is 38.8 Å². The quantitative estimate of drug-likeness (QED) is 0.869. The third kappa shape index (κ3) is 3.05. The van der Waals surface area contributed by atoms with Gasteiger partial charge in [-0.3, -0.25) is 14.8 Å². The smallest absolute Gasteiger partial charge is 0.274 e. The molecule has 118 valence electrons. The third-order valence-electron chi connectivity index (χ3n) is 3.88. The van der Waals surface area contributed by atoms with E-state index in [1.807, 2.05) is 19.1 Å². The highest BCUT2D eigenvalue weighted by molar-refractivity contribution is 5.93. The number of amides is 1. The van der Waals surface area contributed by atoms with Crippen molar-refractivity contribution >= 4 is 5.91 Å². The molecule has 7 nitrogen and oxygen atoms in total. The zero-order valence-electron chi connectivity index (χ0n) is 12.6. The lowest BCUT2D eigenvalue weighted by molar-refractivity contribution is 0.0609. The molecular weight excluding hydrogens is 284 g/mol. The maximum Gasteiger partial charge on any atom is 0.274 e. The zero-order valence-corrected chi connectivity index (χ0v) is 12.6. The van der Waals surface area contributed by atoms with E-state index >= 15 is 0 Å². The van der Waals surface area contributed by atoms with Crippen molar-refractivity contribution in [2.45, 2.75) is 6.92 Å². The molecule has 1 fully saturated rings. The zero-order chi connectivity index (χ0) is 15.5. The van der Waals surface area contributed by atoms with Gasteiger partial charge in [0.2, 0.25) is 0 Å². The van der Waals surface area contributed by atoms with Crippen LogP contribution in [0.15, 0.2) is 22.6 Å². The van der Waals surface area contributed by atoms with Crippen molar-refractivity contribution in [3.63, 3.8) is 0 Å². The number of hydrogen-bond acceptors (Lipinski definition) is 5. The number of aromatic nitrogens is 2. The number of aromatic amines is 1. The number of carbonyl (C=O) groups excluding carboxylic acids is 1. The Morgan fingerprint density at radius 2 is 2.14 bits per heavy atom. The number of H-pyrrole nitrogens is 1. The van der Waals surface area contributed by atoms with E-state index in [9.17, 15) is 4.79 Å². The van der Waals surface area contributed by atoms with Crippen LogP contribution in [0.5, 0.6) is 0 Å². The van der Waals surface area contributed by atoms with E-state index in [4.69, 9.17) is 9.52 Å². The van der Waals surface area contributed by atoms with Gasteiger partial charge in [-0.15, -0.1) is 0 Å². The van der Waals surface area contributed by atoms with Crippen LogP contribution in [0.2, 0.25) is 0 Å². The fourth-order valence-electron chi connectivity index (χ4n) is 2.61. The largest absolute Gasteiger partial charge is 0.460 e. The summed E-state index contributed by atoms with van der Waals surface area (Å²) in [6.07, 6.45) is 0. The summed E-state index contributed by atoms with van der Waals surface area (Å²) >= 11 is 0. The minimum atomic E-state index is -0.0746. The molecule has 1 amide bonds. The number of aryl methyl sites for hydroxylation is 1. The molecule has 3 heterocycles. The molecule has 0 unspecified atom stereocenters. The van der Waals surface area contributed by atoms with Crippen LogP contribution in [0.1, 0.15) is 16.2 Å². The van der Waals surface area contributed by atoms with Crippen LogP contribution in [0, 0.1) is 6.92 Å². The van der Waals surface area contributed by atoms with Crippen LogP contribution in [0.3, 0.4) is 0 Å². The van der Waals surface area contributed by atoms with Crippen LogP contribution in [0.25, 0.3) is 11.5 Å². The third-order valence-corrected chi connectivity index (χ3v) is 3.88. The number of β-amino-alcohol motifs (C(OH)–C–C–N with tert-alkyl or cyclic N) is 1. The monoisotopic (exact) mass is 304 g/mol. The Labute approximate surface area is 128 Å². The number of carbonyl (C=O) groups is 1. The molecule has 1 saturated heterocycles. The number of furan rings is 1.